The van der Waals surface area contributed by atoms with Gasteiger partial charge in [-0.05, 0) is 25.0 Å². The summed E-state index contributed by atoms with van der Waals surface area (Å²) in [6, 6.07) is 5.47. The molecule has 1 saturated heterocycles. The molecule has 1 aliphatic rings. The minimum atomic E-state index is -0.958. The maximum Gasteiger partial charge on any atom is 0.337 e. The number of para-hydroxylation sites is 1. The van der Waals surface area contributed by atoms with E-state index in [1.165, 1.54) is 0 Å². The van der Waals surface area contributed by atoms with Crippen molar-refractivity contribution >= 4 is 27.8 Å². The van der Waals surface area contributed by atoms with Gasteiger partial charge >= 0.3 is 5.97 Å². The zero-order chi connectivity index (χ0) is 13.4. The summed E-state index contributed by atoms with van der Waals surface area (Å²) in [4.78, 5) is 15.4. The fourth-order valence-corrected chi connectivity index (χ4v) is 3.85. The van der Waals surface area contributed by atoms with Crippen molar-refractivity contribution in [3.05, 3.63) is 30.1 Å². The molecular formula is C13H14N2O3S. The minimum absolute atomic E-state index is 0.232. The third kappa shape index (κ3) is 2.16. The molecule has 5 nitrogen and oxygen atoms in total. The first-order chi connectivity index (χ1) is 9.16. The van der Waals surface area contributed by atoms with E-state index < -0.39 is 16.8 Å². The van der Waals surface area contributed by atoms with Crippen molar-refractivity contribution in [1.82, 2.24) is 9.55 Å². The number of fused-ring (bicyclic) bond motifs is 1. The van der Waals surface area contributed by atoms with E-state index in [1.54, 1.807) is 18.5 Å². The van der Waals surface area contributed by atoms with Gasteiger partial charge in [-0.2, -0.15) is 0 Å². The lowest BCUT2D eigenvalue weighted by molar-refractivity contribution is 0.0699. The molecule has 0 aliphatic carbocycles. The van der Waals surface area contributed by atoms with Gasteiger partial charge in [0.25, 0.3) is 0 Å². The Morgan fingerprint density at radius 2 is 2.11 bits per heavy atom. The highest BCUT2D eigenvalue weighted by Crippen LogP contribution is 2.27. The van der Waals surface area contributed by atoms with Crippen LogP contribution in [-0.2, 0) is 10.8 Å². The van der Waals surface area contributed by atoms with Gasteiger partial charge in [0.15, 0.2) is 0 Å². The SMILES string of the molecule is O=C(O)c1cccc2c1ncn2C1CCS(=O)CC1. The monoisotopic (exact) mass is 278 g/mol. The lowest BCUT2D eigenvalue weighted by Crippen LogP contribution is -2.21. The molecule has 0 radical (unpaired) electrons. The highest BCUT2D eigenvalue weighted by Gasteiger charge is 2.22. The fourth-order valence-electron chi connectivity index (χ4n) is 2.58. The first kappa shape index (κ1) is 12.3. The summed E-state index contributed by atoms with van der Waals surface area (Å²) in [5.74, 6) is 0.465. The number of aromatic nitrogens is 2. The van der Waals surface area contributed by atoms with Crippen LogP contribution in [-0.4, -0.2) is 36.3 Å². The molecule has 0 unspecified atom stereocenters. The first-order valence-electron chi connectivity index (χ1n) is 6.20. The normalized spacial score (nSPS) is 23.6. The molecule has 19 heavy (non-hydrogen) atoms. The molecule has 1 aromatic carbocycles. The molecule has 6 heteroatoms. The van der Waals surface area contributed by atoms with Crippen LogP contribution < -0.4 is 0 Å². The van der Waals surface area contributed by atoms with Crippen LogP contribution in [0.5, 0.6) is 0 Å². The summed E-state index contributed by atoms with van der Waals surface area (Å²) < 4.78 is 13.4. The standard InChI is InChI=1S/C13H14N2O3S/c16-13(17)10-2-1-3-11-12(10)14-8-15(11)9-4-6-19(18)7-5-9/h1-3,8-9H,4-7H2,(H,16,17). The molecule has 1 aromatic heterocycles. The van der Waals surface area contributed by atoms with E-state index >= 15 is 0 Å². The van der Waals surface area contributed by atoms with Crippen LogP contribution in [0.1, 0.15) is 29.2 Å². The van der Waals surface area contributed by atoms with Gasteiger partial charge in [0.1, 0.15) is 5.52 Å². The predicted molar refractivity (Wildman–Crippen MR) is 72.8 cm³/mol. The average Bonchev–Trinajstić information content (AvgIpc) is 2.83. The van der Waals surface area contributed by atoms with Gasteiger partial charge in [0.2, 0.25) is 0 Å². The number of hydrogen-bond acceptors (Lipinski definition) is 3. The Balaban J connectivity index is 2.04. The minimum Gasteiger partial charge on any atom is -0.478 e. The number of benzene rings is 1. The van der Waals surface area contributed by atoms with Gasteiger partial charge in [-0.1, -0.05) is 6.07 Å². The van der Waals surface area contributed by atoms with Crippen LogP contribution in [0.4, 0.5) is 0 Å². The lowest BCUT2D eigenvalue weighted by atomic mass is 10.1. The molecule has 2 aromatic rings. The Morgan fingerprint density at radius 3 is 2.79 bits per heavy atom. The molecule has 0 atom stereocenters. The Hall–Kier alpha value is -1.69. The Kier molecular flexibility index (Phi) is 3.10. The maximum atomic E-state index is 11.4. The zero-order valence-corrected chi connectivity index (χ0v) is 11.1. The van der Waals surface area contributed by atoms with Crippen molar-refractivity contribution < 1.29 is 14.1 Å². The van der Waals surface area contributed by atoms with E-state index in [0.29, 0.717) is 17.0 Å². The van der Waals surface area contributed by atoms with E-state index in [9.17, 15) is 9.00 Å². The fraction of sp³-hybridized carbons (Fsp3) is 0.385. The van der Waals surface area contributed by atoms with Gasteiger partial charge < -0.3 is 9.67 Å². The number of aromatic carboxylic acids is 1. The molecule has 1 fully saturated rings. The first-order valence-corrected chi connectivity index (χ1v) is 7.69. The Morgan fingerprint density at radius 1 is 1.37 bits per heavy atom. The largest absolute Gasteiger partial charge is 0.478 e. The Labute approximate surface area is 112 Å². The molecular weight excluding hydrogens is 264 g/mol. The summed E-state index contributed by atoms with van der Waals surface area (Å²) in [7, 11) is -0.696. The predicted octanol–water partition coefficient (Wildman–Crippen LogP) is 1.82. The number of imidazole rings is 1. The molecule has 3 rings (SSSR count). The van der Waals surface area contributed by atoms with Crippen LogP contribution in [0.15, 0.2) is 24.5 Å². The smallest absolute Gasteiger partial charge is 0.337 e. The van der Waals surface area contributed by atoms with Crippen molar-refractivity contribution in [3.8, 4) is 0 Å². The molecule has 1 aliphatic heterocycles. The number of carboxylic acid groups (broad SMARTS) is 1. The van der Waals surface area contributed by atoms with Gasteiger partial charge in [-0.3, -0.25) is 4.21 Å². The van der Waals surface area contributed by atoms with Crippen LogP contribution in [0.3, 0.4) is 0 Å². The third-order valence-electron chi connectivity index (χ3n) is 3.59. The van der Waals surface area contributed by atoms with E-state index in [-0.39, 0.29) is 11.6 Å². The van der Waals surface area contributed by atoms with Crippen LogP contribution in [0, 0.1) is 0 Å². The zero-order valence-electron chi connectivity index (χ0n) is 10.3. The second kappa shape index (κ2) is 4.77. The van der Waals surface area contributed by atoms with Gasteiger partial charge in [-0.15, -0.1) is 0 Å². The van der Waals surface area contributed by atoms with E-state index in [0.717, 1.165) is 18.4 Å². The Bertz CT molecular complexity index is 655. The topological polar surface area (TPSA) is 72.2 Å². The van der Waals surface area contributed by atoms with E-state index in [4.69, 9.17) is 5.11 Å². The number of hydrogen-bond donors (Lipinski definition) is 1. The second-order valence-corrected chi connectivity index (χ2v) is 6.41. The second-order valence-electron chi connectivity index (χ2n) is 4.71. The number of carbonyl (C=O) groups is 1. The summed E-state index contributed by atoms with van der Waals surface area (Å²) >= 11 is 0. The van der Waals surface area contributed by atoms with Gasteiger partial charge in [-0.25, -0.2) is 9.78 Å². The molecule has 0 saturated carbocycles. The van der Waals surface area contributed by atoms with Crippen LogP contribution in [0.2, 0.25) is 0 Å². The summed E-state index contributed by atoms with van der Waals surface area (Å²) in [5.41, 5.74) is 1.61. The molecule has 0 amide bonds. The average molecular weight is 278 g/mol. The maximum absolute atomic E-state index is 11.4. The van der Waals surface area contributed by atoms with Crippen LogP contribution >= 0.6 is 0 Å². The molecule has 0 bridgehead atoms. The summed E-state index contributed by atoms with van der Waals surface area (Å²) in [6.07, 6.45) is 3.42. The lowest BCUT2D eigenvalue weighted by Gasteiger charge is -2.23. The molecule has 0 spiro atoms. The summed E-state index contributed by atoms with van der Waals surface area (Å²) in [5, 5.41) is 9.15. The van der Waals surface area contributed by atoms with Crippen molar-refractivity contribution in [2.75, 3.05) is 11.5 Å². The molecule has 1 N–H and O–H groups in total. The highest BCUT2D eigenvalue weighted by molar-refractivity contribution is 7.85. The molecule has 2 heterocycles. The quantitative estimate of drug-likeness (QED) is 0.909. The van der Waals surface area contributed by atoms with Crippen molar-refractivity contribution in [1.29, 1.82) is 0 Å². The number of carboxylic acids is 1. The molecule has 100 valence electrons. The van der Waals surface area contributed by atoms with Crippen LogP contribution in [0.25, 0.3) is 11.0 Å². The van der Waals surface area contributed by atoms with E-state index in [2.05, 4.69) is 4.98 Å². The van der Waals surface area contributed by atoms with Crippen molar-refractivity contribution in [2.24, 2.45) is 0 Å². The van der Waals surface area contributed by atoms with Gasteiger partial charge in [0.05, 0.1) is 17.4 Å². The number of rotatable bonds is 2. The number of nitrogens with zero attached hydrogens (tertiary/aromatic N) is 2. The van der Waals surface area contributed by atoms with Gasteiger partial charge in [0, 0.05) is 28.3 Å². The van der Waals surface area contributed by atoms with Crippen molar-refractivity contribution in [3.63, 3.8) is 0 Å². The highest BCUT2D eigenvalue weighted by atomic mass is 32.2. The third-order valence-corrected chi connectivity index (χ3v) is 4.97. The van der Waals surface area contributed by atoms with Crippen molar-refractivity contribution in [2.45, 2.75) is 18.9 Å². The summed E-state index contributed by atoms with van der Waals surface area (Å²) in [6.45, 7) is 0. The van der Waals surface area contributed by atoms with E-state index in [1.807, 2.05) is 10.6 Å².